The smallest absolute Gasteiger partial charge is 0.251 e. The van der Waals surface area contributed by atoms with Gasteiger partial charge in [-0.1, -0.05) is 6.92 Å². The van der Waals surface area contributed by atoms with Crippen molar-refractivity contribution < 1.29 is 4.79 Å². The fourth-order valence-electron chi connectivity index (χ4n) is 1.12. The Morgan fingerprint density at radius 3 is 1.75 bits per heavy atom. The summed E-state index contributed by atoms with van der Waals surface area (Å²) in [5, 5.41) is 5.17. The fraction of sp³-hybridized carbons (Fsp3) is 0.875. The highest BCUT2D eigenvalue weighted by Gasteiger charge is 2.16. The van der Waals surface area contributed by atoms with Gasteiger partial charge in [0, 0.05) is 34.6 Å². The van der Waals surface area contributed by atoms with Gasteiger partial charge in [0.05, 0.1) is 0 Å². The van der Waals surface area contributed by atoms with E-state index >= 15 is 0 Å². The third-order valence-electron chi connectivity index (χ3n) is 1.44. The number of hydrazine groups is 2. The normalized spacial score (nSPS) is 10.9. The molecular weight excluding hydrogens is 154 g/mol. The molecule has 0 aliphatic rings. The minimum Gasteiger partial charge on any atom is -0.272 e. The molecule has 4 heteroatoms. The molecule has 1 amide bonds. The van der Waals surface area contributed by atoms with Crippen molar-refractivity contribution in [1.29, 1.82) is 0 Å². The van der Waals surface area contributed by atoms with Crippen LogP contribution in [0.5, 0.6) is 0 Å². The van der Waals surface area contributed by atoms with E-state index in [1.54, 1.807) is 15.1 Å². The van der Waals surface area contributed by atoms with Gasteiger partial charge in [-0.05, 0) is 6.42 Å². The van der Waals surface area contributed by atoms with E-state index in [0.29, 0.717) is 6.42 Å². The average molecular weight is 173 g/mol. The summed E-state index contributed by atoms with van der Waals surface area (Å²) < 4.78 is 0. The van der Waals surface area contributed by atoms with E-state index in [1.165, 1.54) is 0 Å². The minimum absolute atomic E-state index is 0.132. The first-order valence-corrected chi connectivity index (χ1v) is 4.18. The van der Waals surface area contributed by atoms with Crippen molar-refractivity contribution in [3.8, 4) is 0 Å². The summed E-state index contributed by atoms with van der Waals surface area (Å²) in [7, 11) is 7.42. The molecule has 0 spiro atoms. The zero-order valence-electron chi connectivity index (χ0n) is 8.66. The Kier molecular flexibility index (Phi) is 4.85. The summed E-state index contributed by atoms with van der Waals surface area (Å²) in [5.41, 5.74) is 0. The molecule has 0 atom stereocenters. The zero-order chi connectivity index (χ0) is 9.72. The number of hydrogen-bond acceptors (Lipinski definition) is 3. The zero-order valence-corrected chi connectivity index (χ0v) is 8.66. The van der Waals surface area contributed by atoms with Gasteiger partial charge in [0.2, 0.25) is 0 Å². The van der Waals surface area contributed by atoms with Crippen LogP contribution in [0.2, 0.25) is 0 Å². The molecule has 0 aromatic heterocycles. The minimum atomic E-state index is 0.132. The highest BCUT2D eigenvalue weighted by molar-refractivity contribution is 5.74. The molecular formula is C8H19N3O. The molecule has 0 aromatic carbocycles. The molecule has 0 N–H and O–H groups in total. The first kappa shape index (κ1) is 11.4. The third-order valence-corrected chi connectivity index (χ3v) is 1.44. The number of amides is 1. The van der Waals surface area contributed by atoms with Gasteiger partial charge in [0.15, 0.2) is 0 Å². The van der Waals surface area contributed by atoms with Crippen molar-refractivity contribution in [2.75, 3.05) is 28.2 Å². The molecule has 0 aliphatic carbocycles. The van der Waals surface area contributed by atoms with Crippen molar-refractivity contribution in [3.05, 3.63) is 0 Å². The molecule has 0 rings (SSSR count). The van der Waals surface area contributed by atoms with Crippen LogP contribution in [0.3, 0.4) is 0 Å². The number of carbonyl (C=O) groups excluding carboxylic acids is 1. The van der Waals surface area contributed by atoms with Gasteiger partial charge in [0.1, 0.15) is 0 Å². The largest absolute Gasteiger partial charge is 0.272 e. The number of nitrogens with zero attached hydrogens (tertiary/aromatic N) is 3. The van der Waals surface area contributed by atoms with E-state index in [0.717, 1.165) is 6.42 Å². The molecule has 0 radical (unpaired) electrons. The Morgan fingerprint density at radius 2 is 1.50 bits per heavy atom. The number of carbonyl (C=O) groups is 1. The second-order valence-electron chi connectivity index (χ2n) is 3.13. The van der Waals surface area contributed by atoms with Gasteiger partial charge in [-0.15, -0.1) is 0 Å². The molecule has 0 heterocycles. The molecule has 72 valence electrons. The topological polar surface area (TPSA) is 26.8 Å². The van der Waals surface area contributed by atoms with Crippen LogP contribution in [0.15, 0.2) is 0 Å². The number of rotatable bonds is 4. The Labute approximate surface area is 74.7 Å². The highest BCUT2D eigenvalue weighted by atomic mass is 16.2. The van der Waals surface area contributed by atoms with Crippen LogP contribution in [0, 0.1) is 0 Å². The SMILES string of the molecule is CCCC(=O)N(N(C)C)N(C)C. The predicted molar refractivity (Wildman–Crippen MR) is 49.1 cm³/mol. The first-order valence-electron chi connectivity index (χ1n) is 4.18. The van der Waals surface area contributed by atoms with Crippen LogP contribution in [0.25, 0.3) is 0 Å². The average Bonchev–Trinajstić information content (AvgIpc) is 1.85. The fourth-order valence-corrected chi connectivity index (χ4v) is 1.12. The van der Waals surface area contributed by atoms with Crippen molar-refractivity contribution in [2.24, 2.45) is 0 Å². The van der Waals surface area contributed by atoms with Crippen molar-refractivity contribution in [3.63, 3.8) is 0 Å². The van der Waals surface area contributed by atoms with Crippen LogP contribution in [-0.2, 0) is 4.79 Å². The molecule has 0 aliphatic heterocycles. The van der Waals surface area contributed by atoms with Crippen LogP contribution in [-0.4, -0.2) is 49.2 Å². The highest BCUT2D eigenvalue weighted by Crippen LogP contribution is 2.00. The van der Waals surface area contributed by atoms with Gasteiger partial charge < -0.3 is 0 Å². The Morgan fingerprint density at radius 1 is 1.08 bits per heavy atom. The predicted octanol–water partition coefficient (Wildman–Crippen LogP) is 0.568. The maximum atomic E-state index is 11.5. The summed E-state index contributed by atoms with van der Waals surface area (Å²) in [5.74, 6) is 0.132. The van der Waals surface area contributed by atoms with E-state index in [4.69, 9.17) is 0 Å². The quantitative estimate of drug-likeness (QED) is 0.581. The summed E-state index contributed by atoms with van der Waals surface area (Å²) in [6.45, 7) is 2.00. The van der Waals surface area contributed by atoms with E-state index in [1.807, 2.05) is 35.1 Å². The van der Waals surface area contributed by atoms with Crippen LogP contribution in [0.4, 0.5) is 0 Å². The van der Waals surface area contributed by atoms with E-state index in [9.17, 15) is 4.79 Å². The molecule has 0 unspecified atom stereocenters. The van der Waals surface area contributed by atoms with Gasteiger partial charge in [-0.3, -0.25) is 4.79 Å². The van der Waals surface area contributed by atoms with Crippen LogP contribution < -0.4 is 0 Å². The molecule has 0 saturated heterocycles. The molecule has 0 bridgehead atoms. The first-order chi connectivity index (χ1) is 5.50. The third kappa shape index (κ3) is 3.19. The lowest BCUT2D eigenvalue weighted by Gasteiger charge is -2.33. The van der Waals surface area contributed by atoms with Gasteiger partial charge in [-0.25, -0.2) is 15.1 Å². The van der Waals surface area contributed by atoms with E-state index < -0.39 is 0 Å². The maximum absolute atomic E-state index is 11.5. The standard InChI is InChI=1S/C8H19N3O/c1-6-7-8(12)11(9(2)3)10(4)5/h6-7H2,1-5H3. The van der Waals surface area contributed by atoms with Gasteiger partial charge >= 0.3 is 0 Å². The van der Waals surface area contributed by atoms with Crippen molar-refractivity contribution in [2.45, 2.75) is 19.8 Å². The maximum Gasteiger partial charge on any atom is 0.251 e. The Bertz CT molecular complexity index is 137. The molecule has 4 nitrogen and oxygen atoms in total. The summed E-state index contributed by atoms with van der Waals surface area (Å²) in [6.07, 6.45) is 1.48. The summed E-state index contributed by atoms with van der Waals surface area (Å²) >= 11 is 0. The van der Waals surface area contributed by atoms with Crippen LogP contribution in [0.1, 0.15) is 19.8 Å². The molecule has 0 fully saturated rings. The molecule has 0 saturated carbocycles. The van der Waals surface area contributed by atoms with Gasteiger partial charge in [0.25, 0.3) is 5.91 Å². The second kappa shape index (κ2) is 5.11. The monoisotopic (exact) mass is 173 g/mol. The lowest BCUT2D eigenvalue weighted by atomic mass is 10.3. The van der Waals surface area contributed by atoms with E-state index in [2.05, 4.69) is 0 Å². The van der Waals surface area contributed by atoms with Gasteiger partial charge in [-0.2, -0.15) is 0 Å². The lowest BCUT2D eigenvalue weighted by molar-refractivity contribution is -0.177. The van der Waals surface area contributed by atoms with Crippen molar-refractivity contribution >= 4 is 5.91 Å². The van der Waals surface area contributed by atoms with Crippen LogP contribution >= 0.6 is 0 Å². The molecule has 0 aromatic rings. The van der Waals surface area contributed by atoms with E-state index in [-0.39, 0.29) is 5.91 Å². The Balaban J connectivity index is 4.20. The summed E-state index contributed by atoms with van der Waals surface area (Å²) in [4.78, 5) is 11.5. The second-order valence-corrected chi connectivity index (χ2v) is 3.13. The summed E-state index contributed by atoms with van der Waals surface area (Å²) in [6, 6.07) is 0. The lowest BCUT2D eigenvalue weighted by Crippen LogP contribution is -2.49. The Hall–Kier alpha value is -0.610. The number of hydrogen-bond donors (Lipinski definition) is 0. The molecule has 12 heavy (non-hydrogen) atoms. The van der Waals surface area contributed by atoms with Crippen molar-refractivity contribution in [1.82, 2.24) is 15.1 Å².